The van der Waals surface area contributed by atoms with E-state index in [9.17, 15) is 14.7 Å². The number of carbonyl (C=O) groups excluding carboxylic acids is 2. The predicted octanol–water partition coefficient (Wildman–Crippen LogP) is 1.96. The standard InChI is InChI=1S/C13H14O4S/c1-9(14)7-8-11(18)17-13(16)12(15)10-5-3-2-4-6-10/h2-6,12,15H,7-8H2,1H3. The Morgan fingerprint density at radius 1 is 1.28 bits per heavy atom. The first-order valence-electron chi connectivity index (χ1n) is 5.47. The highest BCUT2D eigenvalue weighted by atomic mass is 32.1. The molecule has 1 rings (SSSR count). The minimum atomic E-state index is -1.36. The molecule has 0 aliphatic rings. The first kappa shape index (κ1) is 14.5. The van der Waals surface area contributed by atoms with E-state index in [0.717, 1.165) is 0 Å². The quantitative estimate of drug-likeness (QED) is 0.652. The van der Waals surface area contributed by atoms with Crippen LogP contribution < -0.4 is 0 Å². The van der Waals surface area contributed by atoms with Crippen molar-refractivity contribution in [3.63, 3.8) is 0 Å². The maximum atomic E-state index is 11.6. The van der Waals surface area contributed by atoms with Gasteiger partial charge in [0.1, 0.15) is 5.78 Å². The zero-order valence-electron chi connectivity index (χ0n) is 9.96. The lowest BCUT2D eigenvalue weighted by atomic mass is 10.1. The summed E-state index contributed by atoms with van der Waals surface area (Å²) in [5.74, 6) is -0.855. The molecule has 0 heterocycles. The second-order valence-electron chi connectivity index (χ2n) is 3.81. The number of hydrogen-bond acceptors (Lipinski definition) is 5. The van der Waals surface area contributed by atoms with Crippen LogP contribution >= 0.6 is 12.2 Å². The van der Waals surface area contributed by atoms with E-state index in [0.29, 0.717) is 5.56 Å². The minimum absolute atomic E-state index is 0.0187. The van der Waals surface area contributed by atoms with Crippen molar-refractivity contribution < 1.29 is 19.4 Å². The average Bonchev–Trinajstić information content (AvgIpc) is 2.36. The number of esters is 1. The molecule has 0 saturated heterocycles. The normalized spacial score (nSPS) is 11.7. The lowest BCUT2D eigenvalue weighted by Crippen LogP contribution is -2.19. The molecule has 1 N–H and O–H groups in total. The van der Waals surface area contributed by atoms with Crippen LogP contribution in [0, 0.1) is 0 Å². The first-order chi connectivity index (χ1) is 8.50. The summed E-state index contributed by atoms with van der Waals surface area (Å²) in [6.07, 6.45) is -0.924. The lowest BCUT2D eigenvalue weighted by Gasteiger charge is -2.10. The fourth-order valence-electron chi connectivity index (χ4n) is 1.27. The predicted molar refractivity (Wildman–Crippen MR) is 70.0 cm³/mol. The van der Waals surface area contributed by atoms with E-state index in [2.05, 4.69) is 0 Å². The molecule has 0 radical (unpaired) electrons. The summed E-state index contributed by atoms with van der Waals surface area (Å²) in [5, 5.41) is 9.73. The molecule has 1 aromatic carbocycles. The molecule has 18 heavy (non-hydrogen) atoms. The van der Waals surface area contributed by atoms with Gasteiger partial charge in [0.15, 0.2) is 11.2 Å². The van der Waals surface area contributed by atoms with Gasteiger partial charge >= 0.3 is 5.97 Å². The average molecular weight is 266 g/mol. The van der Waals surface area contributed by atoms with Gasteiger partial charge in [-0.2, -0.15) is 0 Å². The third-order valence-electron chi connectivity index (χ3n) is 2.23. The largest absolute Gasteiger partial charge is 0.417 e. The van der Waals surface area contributed by atoms with Gasteiger partial charge in [-0.3, -0.25) is 0 Å². The smallest absolute Gasteiger partial charge is 0.345 e. The number of thiocarbonyl (C=S) groups is 1. The summed E-state index contributed by atoms with van der Waals surface area (Å²) in [6, 6.07) is 8.42. The molecule has 4 nitrogen and oxygen atoms in total. The number of carbonyl (C=O) groups is 2. The molecular weight excluding hydrogens is 252 g/mol. The second kappa shape index (κ2) is 6.98. The Hall–Kier alpha value is -1.59. The Kier molecular flexibility index (Phi) is 5.61. The van der Waals surface area contributed by atoms with Crippen molar-refractivity contribution in [1.82, 2.24) is 0 Å². The summed E-state index contributed by atoms with van der Waals surface area (Å²) in [5.41, 5.74) is 0.442. The van der Waals surface area contributed by atoms with E-state index in [1.165, 1.54) is 6.92 Å². The molecule has 0 bridgehead atoms. The minimum Gasteiger partial charge on any atom is -0.417 e. The number of Topliss-reactive ketones (excluding diaryl/α,β-unsaturated/α-hetero) is 1. The highest BCUT2D eigenvalue weighted by molar-refractivity contribution is 7.80. The topological polar surface area (TPSA) is 63.6 Å². The summed E-state index contributed by atoms with van der Waals surface area (Å²) in [7, 11) is 0. The summed E-state index contributed by atoms with van der Waals surface area (Å²) >= 11 is 4.81. The monoisotopic (exact) mass is 266 g/mol. The van der Waals surface area contributed by atoms with Crippen molar-refractivity contribution >= 4 is 29.0 Å². The van der Waals surface area contributed by atoms with E-state index in [4.69, 9.17) is 17.0 Å². The SMILES string of the molecule is CC(=O)CCC(=S)OC(=O)C(O)c1ccccc1. The Morgan fingerprint density at radius 2 is 1.89 bits per heavy atom. The fourth-order valence-corrected chi connectivity index (χ4v) is 1.45. The fraction of sp³-hybridized carbons (Fsp3) is 0.308. The third-order valence-corrected chi connectivity index (χ3v) is 2.52. The van der Waals surface area contributed by atoms with Crippen LogP contribution in [0.15, 0.2) is 30.3 Å². The van der Waals surface area contributed by atoms with E-state index in [-0.39, 0.29) is 23.7 Å². The zero-order chi connectivity index (χ0) is 13.5. The van der Waals surface area contributed by atoms with E-state index < -0.39 is 12.1 Å². The Morgan fingerprint density at radius 3 is 2.44 bits per heavy atom. The van der Waals surface area contributed by atoms with E-state index >= 15 is 0 Å². The number of aliphatic hydroxyl groups is 1. The van der Waals surface area contributed by atoms with E-state index in [1.807, 2.05) is 0 Å². The molecular formula is C13H14O4S. The number of hydrogen-bond donors (Lipinski definition) is 1. The van der Waals surface area contributed by atoms with Crippen molar-refractivity contribution in [2.24, 2.45) is 0 Å². The highest BCUT2D eigenvalue weighted by Crippen LogP contribution is 2.14. The molecule has 5 heteroatoms. The van der Waals surface area contributed by atoms with Crippen LogP contribution in [-0.2, 0) is 14.3 Å². The Labute approximate surface area is 111 Å². The van der Waals surface area contributed by atoms with Gasteiger partial charge < -0.3 is 14.6 Å². The van der Waals surface area contributed by atoms with Crippen molar-refractivity contribution in [2.75, 3.05) is 0 Å². The molecule has 96 valence electrons. The van der Waals surface area contributed by atoms with Gasteiger partial charge in [-0.25, -0.2) is 4.79 Å². The summed E-state index contributed by atoms with van der Waals surface area (Å²) < 4.78 is 4.81. The summed E-state index contributed by atoms with van der Waals surface area (Å²) in [6.45, 7) is 1.43. The van der Waals surface area contributed by atoms with Crippen LogP contribution in [0.3, 0.4) is 0 Å². The van der Waals surface area contributed by atoms with Crippen molar-refractivity contribution in [2.45, 2.75) is 25.9 Å². The van der Waals surface area contributed by atoms with E-state index in [1.54, 1.807) is 30.3 Å². The van der Waals surface area contributed by atoms with Crippen LogP contribution in [0.25, 0.3) is 0 Å². The van der Waals surface area contributed by atoms with Crippen LogP contribution in [0.5, 0.6) is 0 Å². The number of aliphatic hydroxyl groups excluding tert-OH is 1. The van der Waals surface area contributed by atoms with Gasteiger partial charge in [-0.1, -0.05) is 30.3 Å². The lowest BCUT2D eigenvalue weighted by molar-refractivity contribution is -0.145. The first-order valence-corrected chi connectivity index (χ1v) is 5.88. The maximum absolute atomic E-state index is 11.6. The van der Waals surface area contributed by atoms with Gasteiger partial charge in [0, 0.05) is 12.8 Å². The maximum Gasteiger partial charge on any atom is 0.345 e. The highest BCUT2D eigenvalue weighted by Gasteiger charge is 2.20. The van der Waals surface area contributed by atoms with Crippen LogP contribution in [0.2, 0.25) is 0 Å². The van der Waals surface area contributed by atoms with Gasteiger partial charge in [0.05, 0.1) is 0 Å². The molecule has 1 atom stereocenters. The van der Waals surface area contributed by atoms with Crippen molar-refractivity contribution in [3.05, 3.63) is 35.9 Å². The van der Waals surface area contributed by atoms with Gasteiger partial charge in [-0.15, -0.1) is 0 Å². The van der Waals surface area contributed by atoms with Gasteiger partial charge in [-0.05, 0) is 24.7 Å². The molecule has 1 aromatic rings. The van der Waals surface area contributed by atoms with Crippen LogP contribution in [-0.4, -0.2) is 21.9 Å². The van der Waals surface area contributed by atoms with Crippen molar-refractivity contribution in [3.8, 4) is 0 Å². The molecule has 0 aliphatic carbocycles. The third kappa shape index (κ3) is 4.73. The number of ketones is 1. The Bertz CT molecular complexity index is 442. The zero-order valence-corrected chi connectivity index (χ0v) is 10.8. The molecule has 0 aliphatic heterocycles. The molecule has 0 amide bonds. The second-order valence-corrected chi connectivity index (χ2v) is 4.26. The van der Waals surface area contributed by atoms with Gasteiger partial charge in [0.25, 0.3) is 0 Å². The molecule has 0 saturated carbocycles. The van der Waals surface area contributed by atoms with Crippen LogP contribution in [0.1, 0.15) is 31.4 Å². The Balaban J connectivity index is 2.50. The molecule has 0 fully saturated rings. The number of benzene rings is 1. The number of ether oxygens (including phenoxy) is 1. The molecule has 0 spiro atoms. The molecule has 1 unspecified atom stereocenters. The number of rotatable bonds is 5. The molecule has 0 aromatic heterocycles. The summed E-state index contributed by atoms with van der Waals surface area (Å²) in [4.78, 5) is 22.3. The van der Waals surface area contributed by atoms with Gasteiger partial charge in [0.2, 0.25) is 0 Å². The van der Waals surface area contributed by atoms with Crippen LogP contribution in [0.4, 0.5) is 0 Å². The van der Waals surface area contributed by atoms with Crippen molar-refractivity contribution in [1.29, 1.82) is 0 Å².